The van der Waals surface area contributed by atoms with Gasteiger partial charge in [0.2, 0.25) is 0 Å². The largest absolute Gasteiger partial charge is 0.508 e. The number of aliphatic imine (C=N–C) groups is 1. The van der Waals surface area contributed by atoms with Crippen LogP contribution in [-0.4, -0.2) is 39.1 Å². The molecule has 1 aliphatic heterocycles. The van der Waals surface area contributed by atoms with Gasteiger partial charge in [0.1, 0.15) is 15.8 Å². The molecule has 7 nitrogen and oxygen atoms in total. The van der Waals surface area contributed by atoms with Crippen LogP contribution in [-0.2, 0) is 14.6 Å². The van der Waals surface area contributed by atoms with E-state index in [1.165, 1.54) is 23.1 Å². The first-order valence-electron chi connectivity index (χ1n) is 7.00. The molecule has 3 rings (SSSR count). The van der Waals surface area contributed by atoms with Gasteiger partial charge in [-0.25, -0.2) is 9.78 Å². The summed E-state index contributed by atoms with van der Waals surface area (Å²) >= 11 is 2.86. The fourth-order valence-corrected chi connectivity index (χ4v) is 3.94. The molecule has 122 valence electrons. The van der Waals surface area contributed by atoms with E-state index in [0.29, 0.717) is 17.2 Å². The maximum atomic E-state index is 11.9. The molecule has 3 N–H and O–H groups in total. The lowest BCUT2D eigenvalue weighted by molar-refractivity contribution is -0.297. The third kappa shape index (κ3) is 3.63. The Kier molecular flexibility index (Phi) is 4.81. The number of fused-ring (bicyclic) bond motifs is 1. The van der Waals surface area contributed by atoms with Crippen LogP contribution in [0.2, 0.25) is 0 Å². The summed E-state index contributed by atoms with van der Waals surface area (Å²) in [5, 5.41) is 10.9. The van der Waals surface area contributed by atoms with Crippen molar-refractivity contribution in [2.24, 2.45) is 10.7 Å². The summed E-state index contributed by atoms with van der Waals surface area (Å²) in [6.07, 6.45) is -0.0897. The van der Waals surface area contributed by atoms with Crippen molar-refractivity contribution in [2.45, 2.75) is 25.6 Å². The van der Waals surface area contributed by atoms with Gasteiger partial charge in [0.15, 0.2) is 12.3 Å². The number of carbonyl (C=O) groups excluding carboxylic acids is 1. The van der Waals surface area contributed by atoms with E-state index in [2.05, 4.69) is 9.98 Å². The van der Waals surface area contributed by atoms with Gasteiger partial charge in [-0.15, -0.1) is 23.1 Å². The first-order valence-corrected chi connectivity index (χ1v) is 8.80. The summed E-state index contributed by atoms with van der Waals surface area (Å²) in [5.41, 5.74) is 6.31. The smallest absolute Gasteiger partial charge is 0.367 e. The third-order valence-electron chi connectivity index (χ3n) is 3.13. The van der Waals surface area contributed by atoms with Crippen molar-refractivity contribution in [3.8, 4) is 5.75 Å². The van der Waals surface area contributed by atoms with E-state index in [4.69, 9.17) is 15.5 Å². The number of hydrogen-bond donors (Lipinski definition) is 2. The average Bonchev–Trinajstić information content (AvgIpc) is 3.18. The Hall–Kier alpha value is -1.68. The van der Waals surface area contributed by atoms with Gasteiger partial charge in [0, 0.05) is 5.75 Å². The van der Waals surface area contributed by atoms with Crippen LogP contribution in [0.5, 0.6) is 5.75 Å². The summed E-state index contributed by atoms with van der Waals surface area (Å²) in [7, 11) is 0. The third-order valence-corrected chi connectivity index (χ3v) is 5.34. The Balaban J connectivity index is 1.72. The zero-order chi connectivity index (χ0) is 16.4. The molecule has 23 heavy (non-hydrogen) atoms. The van der Waals surface area contributed by atoms with Crippen LogP contribution in [0.15, 0.2) is 23.2 Å². The Bertz CT molecular complexity index is 762. The Labute approximate surface area is 140 Å². The first kappa shape index (κ1) is 16.2. The van der Waals surface area contributed by atoms with Crippen LogP contribution in [0.4, 0.5) is 0 Å². The van der Waals surface area contributed by atoms with Crippen LogP contribution in [0.3, 0.4) is 0 Å². The number of phenolic OH excluding ortho intramolecular Hbond substituents is 1. The van der Waals surface area contributed by atoms with Gasteiger partial charge in [-0.05, 0) is 24.6 Å². The van der Waals surface area contributed by atoms with Crippen LogP contribution < -0.4 is 5.73 Å². The fourth-order valence-electron chi connectivity index (χ4n) is 1.85. The summed E-state index contributed by atoms with van der Waals surface area (Å²) in [4.78, 5) is 30.2. The van der Waals surface area contributed by atoms with Crippen molar-refractivity contribution in [3.05, 3.63) is 23.2 Å². The number of benzene rings is 1. The van der Waals surface area contributed by atoms with E-state index in [1.54, 1.807) is 18.2 Å². The molecule has 0 saturated carbocycles. The van der Waals surface area contributed by atoms with Crippen LogP contribution in [0, 0.1) is 0 Å². The van der Waals surface area contributed by atoms with Crippen molar-refractivity contribution in [1.82, 2.24) is 4.98 Å². The number of phenols is 1. The molecule has 1 aromatic carbocycles. The number of thiazole rings is 1. The highest BCUT2D eigenvalue weighted by Gasteiger charge is 2.29. The average molecular weight is 353 g/mol. The molecule has 0 radical (unpaired) electrons. The van der Waals surface area contributed by atoms with Crippen molar-refractivity contribution in [3.63, 3.8) is 0 Å². The number of aromatic hydroxyl groups is 1. The van der Waals surface area contributed by atoms with Crippen LogP contribution >= 0.6 is 23.1 Å². The molecule has 0 bridgehead atoms. The monoisotopic (exact) mass is 353 g/mol. The highest BCUT2D eigenvalue weighted by atomic mass is 32.2. The van der Waals surface area contributed by atoms with Crippen molar-refractivity contribution < 1.29 is 19.7 Å². The molecule has 0 amide bonds. The SMILES string of the molecule is CCC(N)OOC(=O)[C@H]1CSC(c2nc3ccc(O)cc3s2)=N1. The number of nitrogens with two attached hydrogens (primary N) is 1. The molecule has 1 aromatic heterocycles. The summed E-state index contributed by atoms with van der Waals surface area (Å²) in [6.45, 7) is 1.82. The van der Waals surface area contributed by atoms with E-state index in [0.717, 1.165) is 15.2 Å². The second kappa shape index (κ2) is 6.83. The number of rotatable bonds is 5. The highest BCUT2D eigenvalue weighted by molar-refractivity contribution is 8.15. The number of thioether (sulfide) groups is 1. The molecule has 0 spiro atoms. The summed E-state index contributed by atoms with van der Waals surface area (Å²) < 4.78 is 0.867. The zero-order valence-electron chi connectivity index (χ0n) is 12.3. The minimum Gasteiger partial charge on any atom is -0.508 e. The zero-order valence-corrected chi connectivity index (χ0v) is 13.9. The minimum atomic E-state index is -0.631. The van der Waals surface area contributed by atoms with E-state index < -0.39 is 18.2 Å². The Morgan fingerprint density at radius 2 is 2.39 bits per heavy atom. The van der Waals surface area contributed by atoms with Gasteiger partial charge >= 0.3 is 5.97 Å². The maximum Gasteiger partial charge on any atom is 0.367 e. The number of hydrogen-bond acceptors (Lipinski definition) is 9. The second-order valence-corrected chi connectivity index (χ2v) is 6.92. The Morgan fingerprint density at radius 3 is 3.17 bits per heavy atom. The van der Waals surface area contributed by atoms with Gasteiger partial charge in [-0.1, -0.05) is 6.92 Å². The predicted molar refractivity (Wildman–Crippen MR) is 89.5 cm³/mol. The normalized spacial score (nSPS) is 18.9. The van der Waals surface area contributed by atoms with Gasteiger partial charge in [-0.3, -0.25) is 9.88 Å². The quantitative estimate of drug-likeness (QED) is 0.481. The molecule has 9 heteroatoms. The van der Waals surface area contributed by atoms with Crippen molar-refractivity contribution in [2.75, 3.05) is 5.75 Å². The van der Waals surface area contributed by atoms with E-state index >= 15 is 0 Å². The van der Waals surface area contributed by atoms with E-state index in [-0.39, 0.29) is 5.75 Å². The molecule has 2 atom stereocenters. The van der Waals surface area contributed by atoms with E-state index in [1.807, 2.05) is 6.92 Å². The molecule has 2 heterocycles. The molecule has 1 unspecified atom stereocenters. The van der Waals surface area contributed by atoms with Gasteiger partial charge in [0.25, 0.3) is 0 Å². The minimum absolute atomic E-state index is 0.194. The second-order valence-electron chi connectivity index (χ2n) is 4.88. The van der Waals surface area contributed by atoms with E-state index in [9.17, 15) is 9.90 Å². The molecule has 0 aliphatic carbocycles. The number of carbonyl (C=O) groups is 1. The highest BCUT2D eigenvalue weighted by Crippen LogP contribution is 2.31. The lowest BCUT2D eigenvalue weighted by atomic mass is 10.3. The lowest BCUT2D eigenvalue weighted by Gasteiger charge is -2.09. The molecule has 1 aliphatic rings. The molecule has 0 fully saturated rings. The van der Waals surface area contributed by atoms with Crippen molar-refractivity contribution >= 4 is 44.3 Å². The topological polar surface area (TPSA) is 107 Å². The first-order chi connectivity index (χ1) is 11.1. The van der Waals surface area contributed by atoms with Gasteiger partial charge in [0.05, 0.1) is 10.2 Å². The number of aromatic nitrogens is 1. The van der Waals surface area contributed by atoms with Crippen LogP contribution in [0.25, 0.3) is 10.2 Å². The standard InChI is InChI=1S/C14H15N3O4S2/c1-2-11(15)20-21-14(19)9-6-22-12(17-9)13-16-8-4-3-7(18)5-10(8)23-13/h3-5,9,11,18H,2,6,15H2,1H3/t9-,11?/m1/s1. The lowest BCUT2D eigenvalue weighted by Crippen LogP contribution is -2.28. The Morgan fingerprint density at radius 1 is 1.57 bits per heavy atom. The van der Waals surface area contributed by atoms with Crippen LogP contribution in [0.1, 0.15) is 18.4 Å². The number of nitrogens with zero attached hydrogens (tertiary/aromatic N) is 2. The molecular weight excluding hydrogens is 338 g/mol. The molecule has 2 aromatic rings. The molecule has 0 saturated heterocycles. The van der Waals surface area contributed by atoms with Gasteiger partial charge in [-0.2, -0.15) is 4.89 Å². The van der Waals surface area contributed by atoms with Crippen molar-refractivity contribution in [1.29, 1.82) is 0 Å². The summed E-state index contributed by atoms with van der Waals surface area (Å²) in [5.74, 6) is 0.106. The predicted octanol–water partition coefficient (Wildman–Crippen LogP) is 2.03. The maximum absolute atomic E-state index is 11.9. The fraction of sp³-hybridized carbons (Fsp3) is 0.357. The summed E-state index contributed by atoms with van der Waals surface area (Å²) in [6, 6.07) is 4.36. The molecular formula is C14H15N3O4S2. The van der Waals surface area contributed by atoms with Gasteiger partial charge < -0.3 is 10.8 Å².